The monoisotopic (exact) mass is 381 g/mol. The van der Waals surface area contributed by atoms with Gasteiger partial charge in [-0.2, -0.15) is 0 Å². The first-order chi connectivity index (χ1) is 12.6. The predicted molar refractivity (Wildman–Crippen MR) is 98.6 cm³/mol. The van der Waals surface area contributed by atoms with Gasteiger partial charge in [-0.3, -0.25) is 14.5 Å². The summed E-state index contributed by atoms with van der Waals surface area (Å²) in [5.41, 5.74) is 0.553. The molecule has 3 rings (SSSR count). The fourth-order valence-corrected chi connectivity index (χ4v) is 3.45. The van der Waals surface area contributed by atoms with Gasteiger partial charge in [0.15, 0.2) is 0 Å². The molecule has 0 unspecified atom stereocenters. The van der Waals surface area contributed by atoms with Crippen molar-refractivity contribution in [2.75, 3.05) is 51.8 Å². The molecule has 2 fully saturated rings. The topological polar surface area (TPSA) is 71.1 Å². The van der Waals surface area contributed by atoms with Gasteiger partial charge in [-0.05, 0) is 31.0 Å². The number of amides is 2. The van der Waals surface area contributed by atoms with Gasteiger partial charge in [-0.1, -0.05) is 11.6 Å². The molecule has 1 aromatic rings. The Morgan fingerprint density at radius 1 is 1.31 bits per heavy atom. The van der Waals surface area contributed by atoms with Gasteiger partial charge in [0.05, 0.1) is 19.3 Å². The standard InChI is InChI=1S/C18H24ClN3O4/c1-25-15-5-4-13(19)11-14(15)20-17(23)12-21-6-8-22(9-7-21)18(24)16-3-2-10-26-16/h4-5,11,16H,2-3,6-10,12H2,1H3,(H,20,23)/t16-/m1/s1. The molecule has 2 amide bonds. The van der Waals surface area contributed by atoms with Crippen molar-refractivity contribution in [1.29, 1.82) is 0 Å². The van der Waals surface area contributed by atoms with E-state index in [1.165, 1.54) is 0 Å². The zero-order valence-electron chi connectivity index (χ0n) is 14.9. The van der Waals surface area contributed by atoms with E-state index in [4.69, 9.17) is 21.1 Å². The van der Waals surface area contributed by atoms with Crippen LogP contribution in [-0.4, -0.2) is 74.2 Å². The van der Waals surface area contributed by atoms with E-state index in [1.54, 1.807) is 25.3 Å². The van der Waals surface area contributed by atoms with Crippen LogP contribution in [0.4, 0.5) is 5.69 Å². The summed E-state index contributed by atoms with van der Waals surface area (Å²) in [4.78, 5) is 28.6. The Hall–Kier alpha value is -1.83. The predicted octanol–water partition coefficient (Wildman–Crippen LogP) is 1.61. The molecule has 1 N–H and O–H groups in total. The van der Waals surface area contributed by atoms with Crippen LogP contribution in [0, 0.1) is 0 Å². The summed E-state index contributed by atoms with van der Waals surface area (Å²) in [5.74, 6) is 0.509. The van der Waals surface area contributed by atoms with Gasteiger partial charge in [0.1, 0.15) is 11.9 Å². The first kappa shape index (κ1) is 18.9. The highest BCUT2D eigenvalue weighted by Gasteiger charge is 2.30. The van der Waals surface area contributed by atoms with Crippen molar-refractivity contribution < 1.29 is 19.1 Å². The highest BCUT2D eigenvalue weighted by molar-refractivity contribution is 6.31. The molecule has 0 spiro atoms. The molecule has 0 saturated carbocycles. The summed E-state index contributed by atoms with van der Waals surface area (Å²) < 4.78 is 10.7. The smallest absolute Gasteiger partial charge is 0.251 e. The summed E-state index contributed by atoms with van der Waals surface area (Å²) in [7, 11) is 1.54. The molecule has 0 aromatic heterocycles. The lowest BCUT2D eigenvalue weighted by Gasteiger charge is -2.35. The number of carbonyl (C=O) groups excluding carboxylic acids is 2. The van der Waals surface area contributed by atoms with Crippen molar-refractivity contribution in [2.24, 2.45) is 0 Å². The van der Waals surface area contributed by atoms with Crippen LogP contribution in [0.2, 0.25) is 5.02 Å². The lowest BCUT2D eigenvalue weighted by molar-refractivity contribution is -0.142. The third kappa shape index (κ3) is 4.66. The molecule has 0 aliphatic carbocycles. The molecule has 7 nitrogen and oxygen atoms in total. The second-order valence-electron chi connectivity index (χ2n) is 6.50. The van der Waals surface area contributed by atoms with E-state index in [1.807, 2.05) is 9.80 Å². The van der Waals surface area contributed by atoms with Gasteiger partial charge >= 0.3 is 0 Å². The third-order valence-electron chi connectivity index (χ3n) is 4.69. The van der Waals surface area contributed by atoms with Crippen LogP contribution in [-0.2, 0) is 14.3 Å². The highest BCUT2D eigenvalue weighted by Crippen LogP contribution is 2.27. The molecule has 0 radical (unpaired) electrons. The van der Waals surface area contributed by atoms with Gasteiger partial charge < -0.3 is 19.7 Å². The van der Waals surface area contributed by atoms with Gasteiger partial charge in [0, 0.05) is 37.8 Å². The van der Waals surface area contributed by atoms with Gasteiger partial charge in [-0.25, -0.2) is 0 Å². The van der Waals surface area contributed by atoms with E-state index >= 15 is 0 Å². The van der Waals surface area contributed by atoms with Crippen LogP contribution in [0.25, 0.3) is 0 Å². The molecule has 2 heterocycles. The molecule has 26 heavy (non-hydrogen) atoms. The van der Waals surface area contributed by atoms with E-state index < -0.39 is 0 Å². The SMILES string of the molecule is COc1ccc(Cl)cc1NC(=O)CN1CCN(C(=O)[C@H]2CCCO2)CC1. The van der Waals surface area contributed by atoms with Crippen LogP contribution in [0.3, 0.4) is 0 Å². The highest BCUT2D eigenvalue weighted by atomic mass is 35.5. The Kier molecular flexibility index (Phi) is 6.34. The number of rotatable bonds is 5. The van der Waals surface area contributed by atoms with Crippen LogP contribution in [0.15, 0.2) is 18.2 Å². The van der Waals surface area contributed by atoms with Crippen molar-refractivity contribution in [3.05, 3.63) is 23.2 Å². The second-order valence-corrected chi connectivity index (χ2v) is 6.93. The maximum Gasteiger partial charge on any atom is 0.251 e. The molecule has 2 aliphatic heterocycles. The van der Waals surface area contributed by atoms with Crippen molar-refractivity contribution in [1.82, 2.24) is 9.80 Å². The number of methoxy groups -OCH3 is 1. The summed E-state index contributed by atoms with van der Waals surface area (Å²) in [5, 5.41) is 3.37. The summed E-state index contributed by atoms with van der Waals surface area (Å²) >= 11 is 5.98. The number of nitrogens with zero attached hydrogens (tertiary/aromatic N) is 2. The van der Waals surface area contributed by atoms with E-state index in [2.05, 4.69) is 5.32 Å². The number of benzene rings is 1. The van der Waals surface area contributed by atoms with Gasteiger partial charge in [0.2, 0.25) is 5.91 Å². The molecular formula is C18H24ClN3O4. The number of hydrogen-bond donors (Lipinski definition) is 1. The summed E-state index contributed by atoms with van der Waals surface area (Å²) in [6, 6.07) is 5.09. The van der Waals surface area contributed by atoms with Crippen molar-refractivity contribution in [3.8, 4) is 5.75 Å². The van der Waals surface area contributed by atoms with E-state index in [0.717, 1.165) is 12.8 Å². The third-order valence-corrected chi connectivity index (χ3v) is 4.93. The van der Waals surface area contributed by atoms with Crippen molar-refractivity contribution >= 4 is 29.1 Å². The molecule has 8 heteroatoms. The van der Waals surface area contributed by atoms with Crippen molar-refractivity contribution in [3.63, 3.8) is 0 Å². The van der Waals surface area contributed by atoms with Crippen LogP contribution in [0.5, 0.6) is 5.75 Å². The maximum atomic E-state index is 12.3. The van der Waals surface area contributed by atoms with Crippen LogP contribution in [0.1, 0.15) is 12.8 Å². The average molecular weight is 382 g/mol. The van der Waals surface area contributed by atoms with E-state index in [-0.39, 0.29) is 24.5 Å². The minimum absolute atomic E-state index is 0.0789. The molecule has 142 valence electrons. The largest absolute Gasteiger partial charge is 0.495 e. The number of anilines is 1. The zero-order chi connectivity index (χ0) is 18.5. The Morgan fingerprint density at radius 3 is 2.73 bits per heavy atom. The summed E-state index contributed by atoms with van der Waals surface area (Å²) in [6.45, 7) is 3.50. The van der Waals surface area contributed by atoms with E-state index in [9.17, 15) is 9.59 Å². The Bertz CT molecular complexity index is 656. The van der Waals surface area contributed by atoms with Crippen LogP contribution >= 0.6 is 11.6 Å². The molecule has 2 aliphatic rings. The number of ether oxygens (including phenoxy) is 2. The van der Waals surface area contributed by atoms with Gasteiger partial charge in [0.25, 0.3) is 5.91 Å². The molecule has 1 aromatic carbocycles. The van der Waals surface area contributed by atoms with Crippen molar-refractivity contribution in [2.45, 2.75) is 18.9 Å². The number of halogens is 1. The fraction of sp³-hybridized carbons (Fsp3) is 0.556. The summed E-state index contributed by atoms with van der Waals surface area (Å²) in [6.07, 6.45) is 1.48. The average Bonchev–Trinajstić information content (AvgIpc) is 3.16. The minimum Gasteiger partial charge on any atom is -0.495 e. The molecule has 1 atom stereocenters. The first-order valence-corrected chi connectivity index (χ1v) is 9.21. The number of hydrogen-bond acceptors (Lipinski definition) is 5. The number of carbonyl (C=O) groups is 2. The maximum absolute atomic E-state index is 12.3. The Labute approximate surface area is 158 Å². The second kappa shape index (κ2) is 8.70. The Balaban J connectivity index is 1.47. The van der Waals surface area contributed by atoms with Crippen LogP contribution < -0.4 is 10.1 Å². The molecular weight excluding hydrogens is 358 g/mol. The number of nitrogens with one attached hydrogen (secondary N) is 1. The quantitative estimate of drug-likeness (QED) is 0.839. The minimum atomic E-state index is -0.278. The zero-order valence-corrected chi connectivity index (χ0v) is 15.6. The fourth-order valence-electron chi connectivity index (χ4n) is 3.27. The van der Waals surface area contributed by atoms with E-state index in [0.29, 0.717) is 49.2 Å². The lowest BCUT2D eigenvalue weighted by atomic mass is 10.2. The first-order valence-electron chi connectivity index (χ1n) is 8.83. The van der Waals surface area contributed by atoms with Gasteiger partial charge in [-0.15, -0.1) is 0 Å². The Morgan fingerprint density at radius 2 is 2.08 bits per heavy atom. The molecule has 2 saturated heterocycles. The normalized spacial score (nSPS) is 20.8. The lowest BCUT2D eigenvalue weighted by Crippen LogP contribution is -2.52. The number of piperazine rings is 1. The molecule has 0 bridgehead atoms.